The fourth-order valence-corrected chi connectivity index (χ4v) is 2.56. The summed E-state index contributed by atoms with van der Waals surface area (Å²) in [5.74, 6) is -1.31. The molecule has 2 aromatic carbocycles. The van der Waals surface area contributed by atoms with Crippen molar-refractivity contribution in [2.75, 3.05) is 0 Å². The third-order valence-electron chi connectivity index (χ3n) is 3.68. The molecule has 1 heterocycles. The average Bonchev–Trinajstić information content (AvgIpc) is 2.61. The smallest absolute Gasteiger partial charge is 0.257 e. The van der Waals surface area contributed by atoms with Gasteiger partial charge in [-0.25, -0.2) is 4.39 Å². The lowest BCUT2D eigenvalue weighted by Gasteiger charge is -2.07. The number of benzene rings is 2. The van der Waals surface area contributed by atoms with Gasteiger partial charge < -0.3 is 10.3 Å². The molecule has 0 fully saturated rings. The van der Waals surface area contributed by atoms with Crippen molar-refractivity contribution in [1.29, 1.82) is 5.26 Å². The van der Waals surface area contributed by atoms with Gasteiger partial charge in [-0.15, -0.1) is 0 Å². The van der Waals surface area contributed by atoms with Crippen LogP contribution in [0.1, 0.15) is 21.5 Å². The van der Waals surface area contributed by atoms with Crippen molar-refractivity contribution < 1.29 is 9.18 Å². The molecule has 2 N–H and O–H groups in total. The van der Waals surface area contributed by atoms with Gasteiger partial charge in [0.1, 0.15) is 17.4 Å². The topological polar surface area (TPSA) is 85.8 Å². The van der Waals surface area contributed by atoms with E-state index in [0.29, 0.717) is 5.02 Å². The van der Waals surface area contributed by atoms with Crippen LogP contribution in [0.2, 0.25) is 5.02 Å². The van der Waals surface area contributed by atoms with E-state index in [4.69, 9.17) is 16.9 Å². The highest BCUT2D eigenvalue weighted by Crippen LogP contribution is 2.16. The fraction of sp³-hybridized carbons (Fsp3) is 0.0556. The van der Waals surface area contributed by atoms with Gasteiger partial charge in [0.25, 0.3) is 5.91 Å². The molecule has 3 rings (SSSR count). The molecule has 1 aromatic heterocycles. The molecule has 3 aromatic rings. The number of aromatic nitrogens is 1. The van der Waals surface area contributed by atoms with E-state index in [1.807, 2.05) is 6.07 Å². The second-order valence-corrected chi connectivity index (χ2v) is 5.76. The molecule has 0 bridgehead atoms. The number of H-pyrrole nitrogens is 1. The summed E-state index contributed by atoms with van der Waals surface area (Å²) in [5, 5.41) is 12.2. The first kappa shape index (κ1) is 16.7. The van der Waals surface area contributed by atoms with E-state index < -0.39 is 17.2 Å². The van der Waals surface area contributed by atoms with E-state index in [-0.39, 0.29) is 28.6 Å². The number of pyridine rings is 1. The minimum absolute atomic E-state index is 0.000206. The molecule has 0 aliphatic carbocycles. The van der Waals surface area contributed by atoms with Gasteiger partial charge in [0.15, 0.2) is 0 Å². The number of nitrogens with zero attached hydrogens (tertiary/aromatic N) is 1. The molecule has 0 saturated carbocycles. The Bertz CT molecular complexity index is 1070. The van der Waals surface area contributed by atoms with Crippen LogP contribution in [0.15, 0.2) is 47.4 Å². The molecule has 124 valence electrons. The third kappa shape index (κ3) is 3.37. The Morgan fingerprint density at radius 1 is 1.28 bits per heavy atom. The molecule has 0 atom stereocenters. The first-order valence-corrected chi connectivity index (χ1v) is 7.65. The largest absolute Gasteiger partial charge is 0.359 e. The van der Waals surface area contributed by atoms with Gasteiger partial charge in [-0.05, 0) is 29.8 Å². The highest BCUT2D eigenvalue weighted by molar-refractivity contribution is 6.30. The zero-order valence-electron chi connectivity index (χ0n) is 12.8. The van der Waals surface area contributed by atoms with Gasteiger partial charge in [-0.1, -0.05) is 23.7 Å². The van der Waals surface area contributed by atoms with Gasteiger partial charge >= 0.3 is 0 Å². The number of carbonyl (C=O) groups is 1. The van der Waals surface area contributed by atoms with Crippen molar-refractivity contribution in [3.05, 3.63) is 80.3 Å². The van der Waals surface area contributed by atoms with Crippen LogP contribution in [0, 0.1) is 17.1 Å². The van der Waals surface area contributed by atoms with Crippen molar-refractivity contribution >= 4 is 28.4 Å². The Balaban J connectivity index is 1.92. The Labute approximate surface area is 146 Å². The number of nitriles is 1. The van der Waals surface area contributed by atoms with E-state index in [9.17, 15) is 14.0 Å². The Hall–Kier alpha value is -3.17. The zero-order chi connectivity index (χ0) is 18.0. The predicted molar refractivity (Wildman–Crippen MR) is 91.9 cm³/mol. The van der Waals surface area contributed by atoms with E-state index in [1.165, 1.54) is 6.20 Å². The quantitative estimate of drug-likeness (QED) is 0.756. The molecule has 7 heteroatoms. The summed E-state index contributed by atoms with van der Waals surface area (Å²) in [4.78, 5) is 27.5. The minimum atomic E-state index is -0.715. The van der Waals surface area contributed by atoms with Crippen LogP contribution in [-0.2, 0) is 6.54 Å². The standard InChI is InChI=1S/C18H11ClFN3O2/c19-12-3-1-10(2-4-12)8-23-18(25)15-9-22-16-11(7-21)5-13(20)6-14(16)17(15)24/h1-6,9H,8H2,(H,22,24)(H,23,25). The van der Waals surface area contributed by atoms with Crippen LogP contribution in [0.25, 0.3) is 10.9 Å². The second-order valence-electron chi connectivity index (χ2n) is 5.33. The van der Waals surface area contributed by atoms with Crippen LogP contribution in [0.5, 0.6) is 0 Å². The first-order valence-electron chi connectivity index (χ1n) is 7.27. The molecule has 0 aliphatic heterocycles. The lowest BCUT2D eigenvalue weighted by Crippen LogP contribution is -2.28. The van der Waals surface area contributed by atoms with E-state index in [1.54, 1.807) is 24.3 Å². The molecule has 1 amide bonds. The number of halogens is 2. The number of amides is 1. The normalized spacial score (nSPS) is 10.4. The van der Waals surface area contributed by atoms with Crippen LogP contribution in [-0.4, -0.2) is 10.9 Å². The zero-order valence-corrected chi connectivity index (χ0v) is 13.5. The third-order valence-corrected chi connectivity index (χ3v) is 3.94. The number of nitrogens with one attached hydrogen (secondary N) is 2. The maximum atomic E-state index is 13.6. The molecule has 0 spiro atoms. The van der Waals surface area contributed by atoms with Crippen LogP contribution in [0.3, 0.4) is 0 Å². The molecule has 25 heavy (non-hydrogen) atoms. The fourth-order valence-electron chi connectivity index (χ4n) is 2.43. The molecular formula is C18H11ClFN3O2. The summed E-state index contributed by atoms with van der Waals surface area (Å²) in [6, 6.07) is 10.7. The van der Waals surface area contributed by atoms with Crippen LogP contribution in [0.4, 0.5) is 4.39 Å². The number of rotatable bonds is 3. The van der Waals surface area contributed by atoms with Gasteiger partial charge in [0.05, 0.1) is 16.5 Å². The highest BCUT2D eigenvalue weighted by atomic mass is 35.5. The first-order chi connectivity index (χ1) is 12.0. The predicted octanol–water partition coefficient (Wildman–Crippen LogP) is 3.12. The summed E-state index contributed by atoms with van der Waals surface area (Å²) in [7, 11) is 0. The lowest BCUT2D eigenvalue weighted by atomic mass is 10.1. The molecular weight excluding hydrogens is 345 g/mol. The number of hydrogen-bond acceptors (Lipinski definition) is 3. The van der Waals surface area contributed by atoms with Crippen LogP contribution >= 0.6 is 11.6 Å². The van der Waals surface area contributed by atoms with Gasteiger partial charge in [-0.2, -0.15) is 5.26 Å². The second kappa shape index (κ2) is 6.75. The van der Waals surface area contributed by atoms with Crippen molar-refractivity contribution in [3.8, 4) is 6.07 Å². The van der Waals surface area contributed by atoms with Crippen molar-refractivity contribution in [3.63, 3.8) is 0 Å². The lowest BCUT2D eigenvalue weighted by molar-refractivity contribution is 0.0949. The van der Waals surface area contributed by atoms with Crippen molar-refractivity contribution in [2.24, 2.45) is 0 Å². The number of carbonyl (C=O) groups excluding carboxylic acids is 1. The van der Waals surface area contributed by atoms with Crippen molar-refractivity contribution in [2.45, 2.75) is 6.54 Å². The number of aromatic amines is 1. The molecule has 5 nitrogen and oxygen atoms in total. The monoisotopic (exact) mass is 355 g/mol. The van der Waals surface area contributed by atoms with E-state index in [0.717, 1.165) is 17.7 Å². The van der Waals surface area contributed by atoms with E-state index in [2.05, 4.69) is 10.3 Å². The maximum Gasteiger partial charge on any atom is 0.257 e. The number of hydrogen-bond donors (Lipinski definition) is 2. The molecule has 0 saturated heterocycles. The number of fused-ring (bicyclic) bond motifs is 1. The van der Waals surface area contributed by atoms with Gasteiger partial charge in [0.2, 0.25) is 5.43 Å². The van der Waals surface area contributed by atoms with Gasteiger partial charge in [-0.3, -0.25) is 9.59 Å². The Morgan fingerprint density at radius 2 is 2.00 bits per heavy atom. The summed E-state index contributed by atoms with van der Waals surface area (Å²) >= 11 is 5.80. The van der Waals surface area contributed by atoms with Gasteiger partial charge in [0, 0.05) is 17.8 Å². The summed E-state index contributed by atoms with van der Waals surface area (Å²) in [5.41, 5.74) is 0.213. The Kier molecular flexibility index (Phi) is 4.50. The maximum absolute atomic E-state index is 13.6. The molecule has 0 radical (unpaired) electrons. The van der Waals surface area contributed by atoms with Crippen LogP contribution < -0.4 is 10.7 Å². The average molecular weight is 356 g/mol. The highest BCUT2D eigenvalue weighted by Gasteiger charge is 2.15. The summed E-state index contributed by atoms with van der Waals surface area (Å²) in [6.45, 7) is 0.208. The SMILES string of the molecule is N#Cc1cc(F)cc2c(=O)c(C(=O)NCc3ccc(Cl)cc3)c[nH]c12. The minimum Gasteiger partial charge on any atom is -0.359 e. The summed E-state index contributed by atoms with van der Waals surface area (Å²) < 4.78 is 13.6. The molecule has 0 aliphatic rings. The van der Waals surface area contributed by atoms with E-state index >= 15 is 0 Å². The summed E-state index contributed by atoms with van der Waals surface area (Å²) in [6.07, 6.45) is 1.22. The Morgan fingerprint density at radius 3 is 2.68 bits per heavy atom. The van der Waals surface area contributed by atoms with Crippen molar-refractivity contribution in [1.82, 2.24) is 10.3 Å². The molecule has 0 unspecified atom stereocenters.